The van der Waals surface area contributed by atoms with Gasteiger partial charge >= 0.3 is 0 Å². The highest BCUT2D eigenvalue weighted by molar-refractivity contribution is 7.72. The number of hydrogen-bond acceptors (Lipinski definition) is 0. The molecule has 7 heavy (non-hydrogen) atoms. The van der Waals surface area contributed by atoms with E-state index in [9.17, 15) is 0 Å². The molecule has 0 fully saturated rings. The fourth-order valence-electron chi connectivity index (χ4n) is 0. The lowest BCUT2D eigenvalue weighted by atomic mass is 11.8. The molecule has 0 aromatic rings. The van der Waals surface area contributed by atoms with E-state index in [0.29, 0.717) is 0 Å². The Morgan fingerprint density at radius 3 is 0.714 bits per heavy atom. The van der Waals surface area contributed by atoms with Gasteiger partial charge in [-0.15, -0.1) is 0 Å². The molecule has 0 radical (unpaired) electrons. The fourth-order valence-corrected chi connectivity index (χ4v) is 0. The summed E-state index contributed by atoms with van der Waals surface area (Å²) < 4.78 is 0. The lowest BCUT2D eigenvalue weighted by Gasteiger charge is -1.97. The first kappa shape index (κ1) is 15.7. The van der Waals surface area contributed by atoms with E-state index in [-0.39, 0.29) is 22.1 Å². The first-order chi connectivity index (χ1) is 2.00. The van der Waals surface area contributed by atoms with Crippen LogP contribution < -0.4 is 0 Å². The van der Waals surface area contributed by atoms with Crippen molar-refractivity contribution in [1.29, 1.82) is 0 Å². The monoisotopic (exact) mass is 123 g/mol. The zero-order valence-electron chi connectivity index (χ0n) is 4.45. The molecule has 0 saturated carbocycles. The van der Waals surface area contributed by atoms with Crippen molar-refractivity contribution in [2.75, 3.05) is 26.7 Å². The summed E-state index contributed by atoms with van der Waals surface area (Å²) in [7, 11) is -0.389. The highest BCUT2D eigenvalue weighted by Crippen LogP contribution is 2.40. The Hall–Kier alpha value is 0.430. The van der Waals surface area contributed by atoms with Crippen LogP contribution in [0.3, 0.4) is 0 Å². The molecule has 0 aromatic heterocycles. The molecule has 0 unspecified atom stereocenters. The van der Waals surface area contributed by atoms with Gasteiger partial charge in [0.25, 0.3) is 0 Å². The van der Waals surface area contributed by atoms with Crippen molar-refractivity contribution in [3.8, 4) is 0 Å². The van der Waals surface area contributed by atoms with Crippen molar-refractivity contribution in [3.63, 3.8) is 0 Å². The van der Waals surface area contributed by atoms with Crippen LogP contribution in [-0.2, 0) is 0 Å². The van der Waals surface area contributed by atoms with Crippen molar-refractivity contribution < 1.29 is 0 Å². The Balaban J connectivity index is -0.0000000800. The van der Waals surface area contributed by atoms with Crippen LogP contribution in [0.5, 0.6) is 0 Å². The van der Waals surface area contributed by atoms with Gasteiger partial charge in [0.15, 0.2) is 0 Å². The highest BCUT2D eigenvalue weighted by atomic mass is 31.2. The standard InChI is InChI=1S/C4H12P.2CH4/c1-5(2,3)4;;/h1-4H3;2*1H4/q+1;;. The van der Waals surface area contributed by atoms with Crippen molar-refractivity contribution in [2.45, 2.75) is 14.9 Å². The third-order valence-electron chi connectivity index (χ3n) is 0. The Morgan fingerprint density at radius 1 is 0.714 bits per heavy atom. The Kier molecular flexibility index (Phi) is 10.3. The quantitative estimate of drug-likeness (QED) is 0.434. The van der Waals surface area contributed by atoms with Crippen molar-refractivity contribution in [3.05, 3.63) is 0 Å². The molecule has 0 rings (SSSR count). The normalized spacial score (nSPS) is 8.57. The zero-order chi connectivity index (χ0) is 4.50. The van der Waals surface area contributed by atoms with Crippen LogP contribution in [0.15, 0.2) is 0 Å². The van der Waals surface area contributed by atoms with Crippen LogP contribution >= 0.6 is 7.26 Å². The predicted molar refractivity (Wildman–Crippen MR) is 44.1 cm³/mol. The van der Waals surface area contributed by atoms with E-state index in [0.717, 1.165) is 0 Å². The Morgan fingerprint density at radius 2 is 0.714 bits per heavy atom. The van der Waals surface area contributed by atoms with E-state index in [4.69, 9.17) is 0 Å². The molecule has 0 saturated heterocycles. The molecular formula is C6H20P+. The minimum absolute atomic E-state index is 0. The summed E-state index contributed by atoms with van der Waals surface area (Å²) >= 11 is 0. The first-order valence-corrected chi connectivity index (χ1v) is 5.37. The smallest absolute Gasteiger partial charge is 0.0481 e. The second kappa shape index (κ2) is 4.59. The van der Waals surface area contributed by atoms with Gasteiger partial charge in [-0.1, -0.05) is 14.9 Å². The van der Waals surface area contributed by atoms with E-state index in [2.05, 4.69) is 26.7 Å². The largest absolute Gasteiger partial charge is 0.0776 e. The van der Waals surface area contributed by atoms with E-state index >= 15 is 0 Å². The summed E-state index contributed by atoms with van der Waals surface area (Å²) in [4.78, 5) is 0. The second-order valence-corrected chi connectivity index (χ2v) is 8.05. The van der Waals surface area contributed by atoms with Gasteiger partial charge < -0.3 is 0 Å². The average Bonchev–Trinajstić information content (AvgIpc) is 0.722. The molecule has 1 heteroatoms. The maximum atomic E-state index is 2.30. The topological polar surface area (TPSA) is 0 Å². The summed E-state index contributed by atoms with van der Waals surface area (Å²) in [5.41, 5.74) is 0. The van der Waals surface area contributed by atoms with Crippen LogP contribution in [0.4, 0.5) is 0 Å². The minimum atomic E-state index is -0.389. The highest BCUT2D eigenvalue weighted by Gasteiger charge is 2.03. The summed E-state index contributed by atoms with van der Waals surface area (Å²) in [5.74, 6) is 0. The summed E-state index contributed by atoms with van der Waals surface area (Å²) in [6, 6.07) is 0. The lowest BCUT2D eigenvalue weighted by molar-refractivity contribution is 1.95. The van der Waals surface area contributed by atoms with Gasteiger partial charge in [-0.05, 0) is 0 Å². The molecule has 0 aliphatic heterocycles. The number of hydrogen-bond donors (Lipinski definition) is 0. The van der Waals surface area contributed by atoms with Crippen molar-refractivity contribution in [2.24, 2.45) is 0 Å². The Bertz CT molecular complexity index is 19.7. The van der Waals surface area contributed by atoms with E-state index in [1.54, 1.807) is 0 Å². The van der Waals surface area contributed by atoms with Gasteiger partial charge in [0.2, 0.25) is 0 Å². The number of rotatable bonds is 0. The van der Waals surface area contributed by atoms with Crippen LogP contribution in [0.1, 0.15) is 14.9 Å². The molecule has 0 N–H and O–H groups in total. The molecule has 0 nitrogen and oxygen atoms in total. The molecule has 0 amide bonds. The van der Waals surface area contributed by atoms with Gasteiger partial charge in [0.1, 0.15) is 0 Å². The van der Waals surface area contributed by atoms with Crippen LogP contribution in [0.25, 0.3) is 0 Å². The molecule has 0 spiro atoms. The fraction of sp³-hybridized carbons (Fsp3) is 1.00. The zero-order valence-corrected chi connectivity index (χ0v) is 5.34. The maximum Gasteiger partial charge on any atom is 0.0481 e. The van der Waals surface area contributed by atoms with Gasteiger partial charge in [-0.25, -0.2) is 0 Å². The maximum absolute atomic E-state index is 2.30. The predicted octanol–water partition coefficient (Wildman–Crippen LogP) is 2.80. The molecule has 0 atom stereocenters. The summed E-state index contributed by atoms with van der Waals surface area (Å²) in [5, 5.41) is 0. The van der Waals surface area contributed by atoms with Gasteiger partial charge in [0.05, 0.1) is 0 Å². The first-order valence-electron chi connectivity index (χ1n) is 1.79. The van der Waals surface area contributed by atoms with Crippen molar-refractivity contribution >= 4 is 7.26 Å². The SMILES string of the molecule is C.C.C[P+](C)(C)C. The van der Waals surface area contributed by atoms with Gasteiger partial charge in [0, 0.05) is 33.9 Å². The minimum Gasteiger partial charge on any atom is -0.0776 e. The lowest BCUT2D eigenvalue weighted by Crippen LogP contribution is -1.74. The van der Waals surface area contributed by atoms with Gasteiger partial charge in [-0.2, -0.15) is 0 Å². The Labute approximate surface area is 49.7 Å². The molecule has 0 bridgehead atoms. The third-order valence-corrected chi connectivity index (χ3v) is 0. The molecular weight excluding hydrogens is 103 g/mol. The molecule has 0 aliphatic carbocycles. The summed E-state index contributed by atoms with van der Waals surface area (Å²) in [6.07, 6.45) is 0. The average molecular weight is 123 g/mol. The third kappa shape index (κ3) is 682. The summed E-state index contributed by atoms with van der Waals surface area (Å²) in [6.45, 7) is 9.19. The second-order valence-electron chi connectivity index (χ2n) is 2.68. The molecule has 0 aliphatic rings. The van der Waals surface area contributed by atoms with Crippen LogP contribution in [0.2, 0.25) is 0 Å². The van der Waals surface area contributed by atoms with E-state index in [1.165, 1.54) is 0 Å². The van der Waals surface area contributed by atoms with E-state index < -0.39 is 0 Å². The van der Waals surface area contributed by atoms with Crippen LogP contribution in [0, 0.1) is 0 Å². The molecule has 48 valence electrons. The molecule has 0 aromatic carbocycles. The van der Waals surface area contributed by atoms with Crippen LogP contribution in [-0.4, -0.2) is 26.7 Å². The van der Waals surface area contributed by atoms with Gasteiger partial charge in [-0.3, -0.25) is 0 Å². The van der Waals surface area contributed by atoms with Crippen molar-refractivity contribution in [1.82, 2.24) is 0 Å². The molecule has 0 heterocycles. The van der Waals surface area contributed by atoms with E-state index in [1.807, 2.05) is 0 Å².